The van der Waals surface area contributed by atoms with Crippen molar-refractivity contribution in [2.75, 3.05) is 5.73 Å². The average molecular weight is 209 g/mol. The molecule has 2 heteroatoms. The first-order valence-electron chi connectivity index (χ1n) is 5.15. The van der Waals surface area contributed by atoms with Crippen LogP contribution >= 0.6 is 0 Å². The van der Waals surface area contributed by atoms with Crippen molar-refractivity contribution in [3.8, 4) is 5.75 Å². The molecular formula is C14H11NO. The molecule has 0 aliphatic carbocycles. The zero-order chi connectivity index (χ0) is 11.1. The van der Waals surface area contributed by atoms with E-state index in [9.17, 15) is 5.11 Å². The zero-order valence-corrected chi connectivity index (χ0v) is 8.64. The molecule has 3 N–H and O–H groups in total. The van der Waals surface area contributed by atoms with E-state index in [-0.39, 0.29) is 5.75 Å². The molecule has 0 aliphatic heterocycles. The average Bonchev–Trinajstić information content (AvgIpc) is 2.27. The standard InChI is InChI=1S/C14H11NO/c15-12-6-11-5-9-3-1-2-4-10(9)7-13(11)14(16)8-12/h1-8,16H,15H2. The summed E-state index contributed by atoms with van der Waals surface area (Å²) in [5.41, 5.74) is 6.29. The number of fused-ring (bicyclic) bond motifs is 2. The Morgan fingerprint density at radius 2 is 1.50 bits per heavy atom. The highest BCUT2D eigenvalue weighted by Crippen LogP contribution is 2.31. The summed E-state index contributed by atoms with van der Waals surface area (Å²) in [4.78, 5) is 0. The van der Waals surface area contributed by atoms with Gasteiger partial charge in [-0.05, 0) is 34.4 Å². The van der Waals surface area contributed by atoms with Crippen LogP contribution in [0.5, 0.6) is 5.75 Å². The SMILES string of the molecule is Nc1cc(O)c2cc3ccccc3cc2c1. The fourth-order valence-corrected chi connectivity index (χ4v) is 2.06. The van der Waals surface area contributed by atoms with Crippen LogP contribution in [0.4, 0.5) is 5.69 Å². The fourth-order valence-electron chi connectivity index (χ4n) is 2.06. The third-order valence-corrected chi connectivity index (χ3v) is 2.82. The van der Waals surface area contributed by atoms with Crippen LogP contribution in [0.25, 0.3) is 21.5 Å². The molecule has 0 heterocycles. The number of nitrogen functional groups attached to an aromatic ring is 1. The van der Waals surface area contributed by atoms with Crippen LogP contribution in [0.2, 0.25) is 0 Å². The van der Waals surface area contributed by atoms with Crippen molar-refractivity contribution < 1.29 is 5.11 Å². The Hall–Kier alpha value is -2.22. The molecule has 3 rings (SSSR count). The largest absolute Gasteiger partial charge is 0.507 e. The number of aromatic hydroxyl groups is 1. The first-order chi connectivity index (χ1) is 7.74. The summed E-state index contributed by atoms with van der Waals surface area (Å²) in [6.07, 6.45) is 0. The Labute approximate surface area is 92.9 Å². The van der Waals surface area contributed by atoms with Crippen LogP contribution in [0.1, 0.15) is 0 Å². The zero-order valence-electron chi connectivity index (χ0n) is 8.64. The number of phenols is 1. The van der Waals surface area contributed by atoms with E-state index in [1.165, 1.54) is 0 Å². The van der Waals surface area contributed by atoms with Crippen molar-refractivity contribution in [1.29, 1.82) is 0 Å². The van der Waals surface area contributed by atoms with Gasteiger partial charge in [0.15, 0.2) is 0 Å². The van der Waals surface area contributed by atoms with Crippen LogP contribution in [-0.2, 0) is 0 Å². The van der Waals surface area contributed by atoms with E-state index in [1.807, 2.05) is 36.4 Å². The van der Waals surface area contributed by atoms with Gasteiger partial charge in [-0.15, -0.1) is 0 Å². The van der Waals surface area contributed by atoms with E-state index in [0.717, 1.165) is 21.5 Å². The molecule has 0 bridgehead atoms. The van der Waals surface area contributed by atoms with Crippen molar-refractivity contribution in [3.63, 3.8) is 0 Å². The lowest BCUT2D eigenvalue weighted by Crippen LogP contribution is -1.85. The highest BCUT2D eigenvalue weighted by atomic mass is 16.3. The Morgan fingerprint density at radius 3 is 2.25 bits per heavy atom. The molecular weight excluding hydrogens is 198 g/mol. The Morgan fingerprint density at radius 1 is 0.812 bits per heavy atom. The van der Waals surface area contributed by atoms with Gasteiger partial charge in [0, 0.05) is 17.1 Å². The molecule has 16 heavy (non-hydrogen) atoms. The summed E-state index contributed by atoms with van der Waals surface area (Å²) in [5, 5.41) is 13.9. The minimum atomic E-state index is 0.237. The second-order valence-corrected chi connectivity index (χ2v) is 3.96. The molecule has 0 amide bonds. The van der Waals surface area contributed by atoms with Crippen molar-refractivity contribution in [2.45, 2.75) is 0 Å². The van der Waals surface area contributed by atoms with Gasteiger partial charge in [0.05, 0.1) is 0 Å². The van der Waals surface area contributed by atoms with Gasteiger partial charge in [-0.2, -0.15) is 0 Å². The molecule has 0 aromatic heterocycles. The fraction of sp³-hybridized carbons (Fsp3) is 0. The Kier molecular flexibility index (Phi) is 1.77. The maximum Gasteiger partial charge on any atom is 0.125 e. The molecule has 3 aromatic rings. The third kappa shape index (κ3) is 1.27. The second kappa shape index (κ2) is 3.14. The minimum Gasteiger partial charge on any atom is -0.507 e. The first kappa shape index (κ1) is 9.04. The number of nitrogens with two attached hydrogens (primary N) is 1. The minimum absolute atomic E-state index is 0.237. The highest BCUT2D eigenvalue weighted by molar-refractivity contribution is 6.01. The summed E-state index contributed by atoms with van der Waals surface area (Å²) >= 11 is 0. The summed E-state index contributed by atoms with van der Waals surface area (Å²) in [6, 6.07) is 15.6. The van der Waals surface area contributed by atoms with Crippen molar-refractivity contribution >= 4 is 27.2 Å². The number of anilines is 1. The highest BCUT2D eigenvalue weighted by Gasteiger charge is 2.03. The maximum absolute atomic E-state index is 9.83. The molecule has 0 saturated carbocycles. The number of phenolic OH excluding ortho intramolecular Hbond substituents is 1. The van der Waals surface area contributed by atoms with Crippen LogP contribution in [0.3, 0.4) is 0 Å². The Bertz CT molecular complexity index is 689. The van der Waals surface area contributed by atoms with Gasteiger partial charge in [-0.25, -0.2) is 0 Å². The molecule has 0 fully saturated rings. The van der Waals surface area contributed by atoms with E-state index in [2.05, 4.69) is 6.07 Å². The van der Waals surface area contributed by atoms with Gasteiger partial charge in [0.2, 0.25) is 0 Å². The van der Waals surface area contributed by atoms with Crippen LogP contribution in [0, 0.1) is 0 Å². The second-order valence-electron chi connectivity index (χ2n) is 3.96. The summed E-state index contributed by atoms with van der Waals surface area (Å²) in [5.74, 6) is 0.237. The van der Waals surface area contributed by atoms with Crippen molar-refractivity contribution in [2.24, 2.45) is 0 Å². The number of benzene rings is 3. The molecule has 0 spiro atoms. The predicted octanol–water partition coefficient (Wildman–Crippen LogP) is 3.28. The molecule has 0 aliphatic rings. The molecule has 78 valence electrons. The van der Waals surface area contributed by atoms with Crippen LogP contribution in [0.15, 0.2) is 48.5 Å². The number of hydrogen-bond donors (Lipinski definition) is 2. The third-order valence-electron chi connectivity index (χ3n) is 2.82. The molecule has 0 saturated heterocycles. The van der Waals surface area contributed by atoms with Gasteiger partial charge < -0.3 is 10.8 Å². The van der Waals surface area contributed by atoms with Gasteiger partial charge in [-0.1, -0.05) is 24.3 Å². The normalized spacial score (nSPS) is 11.0. The topological polar surface area (TPSA) is 46.2 Å². The maximum atomic E-state index is 9.83. The predicted molar refractivity (Wildman–Crippen MR) is 67.5 cm³/mol. The smallest absolute Gasteiger partial charge is 0.125 e. The monoisotopic (exact) mass is 209 g/mol. The lowest BCUT2D eigenvalue weighted by molar-refractivity contribution is 0.482. The number of rotatable bonds is 0. The van der Waals surface area contributed by atoms with E-state index < -0.39 is 0 Å². The van der Waals surface area contributed by atoms with Crippen LogP contribution in [-0.4, -0.2) is 5.11 Å². The van der Waals surface area contributed by atoms with Crippen molar-refractivity contribution in [1.82, 2.24) is 0 Å². The molecule has 0 unspecified atom stereocenters. The van der Waals surface area contributed by atoms with E-state index in [1.54, 1.807) is 6.07 Å². The van der Waals surface area contributed by atoms with Gasteiger partial charge in [0.1, 0.15) is 5.75 Å². The lowest BCUT2D eigenvalue weighted by atomic mass is 10.0. The van der Waals surface area contributed by atoms with Gasteiger partial charge in [0.25, 0.3) is 0 Å². The summed E-state index contributed by atoms with van der Waals surface area (Å²) in [7, 11) is 0. The van der Waals surface area contributed by atoms with E-state index in [0.29, 0.717) is 5.69 Å². The molecule has 0 radical (unpaired) electrons. The van der Waals surface area contributed by atoms with E-state index in [4.69, 9.17) is 5.73 Å². The number of hydrogen-bond acceptors (Lipinski definition) is 2. The molecule has 0 atom stereocenters. The lowest BCUT2D eigenvalue weighted by Gasteiger charge is -2.05. The van der Waals surface area contributed by atoms with Gasteiger partial charge in [-0.3, -0.25) is 0 Å². The summed E-state index contributed by atoms with van der Waals surface area (Å²) in [6.45, 7) is 0. The van der Waals surface area contributed by atoms with Gasteiger partial charge >= 0.3 is 0 Å². The summed E-state index contributed by atoms with van der Waals surface area (Å²) < 4.78 is 0. The van der Waals surface area contributed by atoms with Crippen molar-refractivity contribution in [3.05, 3.63) is 48.5 Å². The Balaban J connectivity index is 2.51. The quantitative estimate of drug-likeness (QED) is 0.441. The van der Waals surface area contributed by atoms with E-state index >= 15 is 0 Å². The molecule has 3 aromatic carbocycles. The molecule has 2 nitrogen and oxygen atoms in total. The first-order valence-corrected chi connectivity index (χ1v) is 5.15. The van der Waals surface area contributed by atoms with Crippen LogP contribution < -0.4 is 5.73 Å².